The summed E-state index contributed by atoms with van der Waals surface area (Å²) >= 11 is 0. The molecule has 2 saturated heterocycles. The van der Waals surface area contributed by atoms with Gasteiger partial charge in [-0.1, -0.05) is 0 Å². The Morgan fingerprint density at radius 3 is 2.62 bits per heavy atom. The highest BCUT2D eigenvalue weighted by Crippen LogP contribution is 2.25. The van der Waals surface area contributed by atoms with Crippen molar-refractivity contribution < 1.29 is 9.53 Å². The van der Waals surface area contributed by atoms with Crippen LogP contribution in [-0.2, 0) is 16.0 Å². The predicted molar refractivity (Wildman–Crippen MR) is 108 cm³/mol. The van der Waals surface area contributed by atoms with Crippen molar-refractivity contribution in [1.29, 1.82) is 0 Å². The molecule has 2 fully saturated rings. The van der Waals surface area contributed by atoms with Crippen molar-refractivity contribution in [3.05, 3.63) is 48.8 Å². The van der Waals surface area contributed by atoms with E-state index < -0.39 is 0 Å². The number of ketones is 1. The first kappa shape index (κ1) is 18.3. The van der Waals surface area contributed by atoms with Gasteiger partial charge in [-0.15, -0.1) is 0 Å². The van der Waals surface area contributed by atoms with E-state index in [0.29, 0.717) is 18.2 Å². The van der Waals surface area contributed by atoms with E-state index in [1.165, 1.54) is 0 Å². The Kier molecular flexibility index (Phi) is 4.99. The van der Waals surface area contributed by atoms with Gasteiger partial charge in [-0.05, 0) is 38.1 Å². The first-order valence-electron chi connectivity index (χ1n) is 10.1. The smallest absolute Gasteiger partial charge is 0.142 e. The Bertz CT molecular complexity index is 1010. The third kappa shape index (κ3) is 3.88. The Labute approximate surface area is 169 Å². The Morgan fingerprint density at radius 1 is 1.03 bits per heavy atom. The highest BCUT2D eigenvalue weighted by atomic mass is 16.5. The molecule has 0 spiro atoms. The molecule has 3 aromatic rings. The number of carbonyl (C=O) groups excluding carboxylic acids is 1. The largest absolute Gasteiger partial charge is 0.378 e. The Hall–Kier alpha value is -2.77. The molecule has 3 aromatic heterocycles. The molecule has 7 nitrogen and oxygen atoms in total. The normalized spacial score (nSPS) is 18.6. The van der Waals surface area contributed by atoms with Crippen molar-refractivity contribution in [2.45, 2.75) is 25.3 Å². The molecule has 0 aromatic carbocycles. The van der Waals surface area contributed by atoms with Gasteiger partial charge in [0.15, 0.2) is 0 Å². The minimum Gasteiger partial charge on any atom is -0.378 e. The number of Topliss-reactive ketones (excluding diaryl/α,β-unsaturated/α-hetero) is 1. The van der Waals surface area contributed by atoms with Gasteiger partial charge >= 0.3 is 0 Å². The van der Waals surface area contributed by atoms with Gasteiger partial charge in [0.2, 0.25) is 0 Å². The van der Waals surface area contributed by atoms with Crippen LogP contribution in [0.15, 0.2) is 43.1 Å². The highest BCUT2D eigenvalue weighted by molar-refractivity contribution is 5.86. The van der Waals surface area contributed by atoms with E-state index in [9.17, 15) is 4.79 Å². The molecule has 5 heterocycles. The van der Waals surface area contributed by atoms with Crippen LogP contribution in [0.4, 0.5) is 0 Å². The van der Waals surface area contributed by atoms with Gasteiger partial charge < -0.3 is 4.74 Å². The summed E-state index contributed by atoms with van der Waals surface area (Å²) in [5.41, 5.74) is 3.29. The van der Waals surface area contributed by atoms with Crippen molar-refractivity contribution in [2.75, 3.05) is 26.3 Å². The predicted octanol–water partition coefficient (Wildman–Crippen LogP) is 2.31. The average Bonchev–Trinajstić information content (AvgIpc) is 2.73. The molecule has 0 bridgehead atoms. The van der Waals surface area contributed by atoms with Crippen LogP contribution < -0.4 is 0 Å². The molecule has 0 radical (unpaired) electrons. The zero-order chi connectivity index (χ0) is 19.6. The lowest BCUT2D eigenvalue weighted by Crippen LogP contribution is -2.52. The topological polar surface area (TPSA) is 81.1 Å². The fourth-order valence-electron chi connectivity index (χ4n) is 4.11. The van der Waals surface area contributed by atoms with E-state index in [1.807, 2.05) is 12.1 Å². The SMILES string of the molecule is O=C(Cc1cc2cc(-c3cnccn3)cnc2cn1)C1CCN(C2COC2)CC1. The zero-order valence-corrected chi connectivity index (χ0v) is 16.2. The third-order valence-corrected chi connectivity index (χ3v) is 5.96. The van der Waals surface area contributed by atoms with E-state index >= 15 is 0 Å². The number of aromatic nitrogens is 4. The van der Waals surface area contributed by atoms with Crippen molar-refractivity contribution in [1.82, 2.24) is 24.8 Å². The van der Waals surface area contributed by atoms with Crippen LogP contribution in [0.5, 0.6) is 0 Å². The molecule has 0 N–H and O–H groups in total. The number of hydrogen-bond acceptors (Lipinski definition) is 7. The van der Waals surface area contributed by atoms with Gasteiger partial charge in [0.25, 0.3) is 0 Å². The number of rotatable bonds is 5. The highest BCUT2D eigenvalue weighted by Gasteiger charge is 2.31. The van der Waals surface area contributed by atoms with Crippen molar-refractivity contribution >= 4 is 16.7 Å². The molecule has 7 heteroatoms. The minimum atomic E-state index is 0.133. The average molecular weight is 389 g/mol. The monoisotopic (exact) mass is 389 g/mol. The molecule has 29 heavy (non-hydrogen) atoms. The second-order valence-electron chi connectivity index (χ2n) is 7.83. The standard InChI is InChI=1S/C22H23N5O2/c28-22(15-1-5-27(6-2-15)19-13-29-14-19)9-18-8-16-7-17(10-26-21(16)12-25-18)20-11-23-3-4-24-20/h3-4,7-8,10-12,15,19H,1-2,5-6,9,13-14H2. The molecule has 0 unspecified atom stereocenters. The second kappa shape index (κ2) is 7.93. The van der Waals surface area contributed by atoms with Gasteiger partial charge in [-0.25, -0.2) is 0 Å². The molecule has 2 aliphatic heterocycles. The first-order valence-corrected chi connectivity index (χ1v) is 10.1. The third-order valence-electron chi connectivity index (χ3n) is 5.96. The molecular weight excluding hydrogens is 366 g/mol. The lowest BCUT2D eigenvalue weighted by molar-refractivity contribution is -0.125. The molecule has 0 aliphatic carbocycles. The van der Waals surface area contributed by atoms with Crippen LogP contribution in [0.25, 0.3) is 22.2 Å². The van der Waals surface area contributed by atoms with Crippen molar-refractivity contribution in [3.8, 4) is 11.3 Å². The van der Waals surface area contributed by atoms with Gasteiger partial charge in [0.1, 0.15) is 5.78 Å². The molecule has 2 aliphatic rings. The summed E-state index contributed by atoms with van der Waals surface area (Å²) < 4.78 is 5.28. The fourth-order valence-corrected chi connectivity index (χ4v) is 4.11. The molecule has 148 valence electrons. The van der Waals surface area contributed by atoms with Crippen LogP contribution in [-0.4, -0.2) is 63.0 Å². The summed E-state index contributed by atoms with van der Waals surface area (Å²) in [4.78, 5) is 32.7. The number of carbonyl (C=O) groups is 1. The molecular formula is C22H23N5O2. The van der Waals surface area contributed by atoms with Crippen LogP contribution >= 0.6 is 0 Å². The van der Waals surface area contributed by atoms with E-state index in [1.54, 1.807) is 31.0 Å². The number of pyridine rings is 2. The maximum atomic E-state index is 12.8. The molecule has 0 amide bonds. The minimum absolute atomic E-state index is 0.133. The van der Waals surface area contributed by atoms with E-state index in [2.05, 4.69) is 24.8 Å². The van der Waals surface area contributed by atoms with Crippen molar-refractivity contribution in [3.63, 3.8) is 0 Å². The van der Waals surface area contributed by atoms with E-state index in [0.717, 1.165) is 67.0 Å². The number of piperidine rings is 1. The number of likely N-dealkylation sites (tertiary alicyclic amines) is 1. The Balaban J connectivity index is 1.28. The number of fused-ring (bicyclic) bond motifs is 1. The van der Waals surface area contributed by atoms with E-state index in [4.69, 9.17) is 4.74 Å². The fraction of sp³-hybridized carbons (Fsp3) is 0.409. The summed E-state index contributed by atoms with van der Waals surface area (Å²) in [7, 11) is 0. The van der Waals surface area contributed by atoms with Gasteiger partial charge in [-0.3, -0.25) is 29.6 Å². The quantitative estimate of drug-likeness (QED) is 0.662. The summed E-state index contributed by atoms with van der Waals surface area (Å²) in [5, 5.41) is 0.964. The van der Waals surface area contributed by atoms with Gasteiger partial charge in [-0.2, -0.15) is 0 Å². The van der Waals surface area contributed by atoms with Crippen LogP contribution in [0.3, 0.4) is 0 Å². The Morgan fingerprint density at radius 2 is 1.90 bits per heavy atom. The van der Waals surface area contributed by atoms with Gasteiger partial charge in [0, 0.05) is 47.6 Å². The van der Waals surface area contributed by atoms with Crippen LogP contribution in [0.1, 0.15) is 18.5 Å². The summed E-state index contributed by atoms with van der Waals surface area (Å²) in [6.45, 7) is 3.65. The molecule has 5 rings (SSSR count). The number of ether oxygens (including phenoxy) is 1. The van der Waals surface area contributed by atoms with Crippen LogP contribution in [0.2, 0.25) is 0 Å². The van der Waals surface area contributed by atoms with Crippen molar-refractivity contribution in [2.24, 2.45) is 5.92 Å². The second-order valence-corrected chi connectivity index (χ2v) is 7.83. The maximum absolute atomic E-state index is 12.8. The number of nitrogens with zero attached hydrogens (tertiary/aromatic N) is 5. The van der Waals surface area contributed by atoms with E-state index in [-0.39, 0.29) is 5.92 Å². The summed E-state index contributed by atoms with van der Waals surface area (Å²) in [5.74, 6) is 0.424. The number of hydrogen-bond donors (Lipinski definition) is 0. The van der Waals surface area contributed by atoms with Crippen LogP contribution in [0, 0.1) is 5.92 Å². The lowest BCUT2D eigenvalue weighted by Gasteiger charge is -2.41. The maximum Gasteiger partial charge on any atom is 0.142 e. The first-order chi connectivity index (χ1) is 14.3. The molecule has 0 atom stereocenters. The lowest BCUT2D eigenvalue weighted by atomic mass is 9.89. The summed E-state index contributed by atoms with van der Waals surface area (Å²) in [6.07, 6.45) is 10.8. The molecule has 0 saturated carbocycles. The van der Waals surface area contributed by atoms with Gasteiger partial charge in [0.05, 0.1) is 42.9 Å². The summed E-state index contributed by atoms with van der Waals surface area (Å²) in [6, 6.07) is 4.56. The zero-order valence-electron chi connectivity index (χ0n) is 16.2.